The highest BCUT2D eigenvalue weighted by atomic mass is 16.8. The van der Waals surface area contributed by atoms with Gasteiger partial charge in [-0.05, 0) is 104 Å². The van der Waals surface area contributed by atoms with E-state index in [1.165, 1.54) is 0 Å². The highest BCUT2D eigenvalue weighted by Crippen LogP contribution is 2.57. The van der Waals surface area contributed by atoms with Gasteiger partial charge >= 0.3 is 17.9 Å². The quantitative estimate of drug-likeness (QED) is 0.111. The molecular formula is C48H64O12. The molecule has 3 aromatic carbocycles. The molecule has 0 saturated carbocycles. The van der Waals surface area contributed by atoms with Crippen LogP contribution in [0.1, 0.15) is 105 Å². The number of aliphatic hydroxyl groups excluding tert-OH is 1. The number of rotatable bonds is 16. The summed E-state index contributed by atoms with van der Waals surface area (Å²) in [6.45, 7) is 16.6. The Morgan fingerprint density at radius 1 is 0.700 bits per heavy atom. The smallest absolute Gasteiger partial charge is 0.346 e. The molecule has 60 heavy (non-hydrogen) atoms. The van der Waals surface area contributed by atoms with Crippen molar-refractivity contribution in [2.75, 3.05) is 0 Å². The summed E-state index contributed by atoms with van der Waals surface area (Å²) < 4.78 is 43.6. The van der Waals surface area contributed by atoms with E-state index in [2.05, 4.69) is 19.1 Å². The van der Waals surface area contributed by atoms with E-state index in [1.54, 1.807) is 62.3 Å². The number of carbonyl (C=O) groups is 3. The second kappa shape index (κ2) is 18.4. The third-order valence-electron chi connectivity index (χ3n) is 10.4. The summed E-state index contributed by atoms with van der Waals surface area (Å²) in [4.78, 5) is 43.7. The average Bonchev–Trinajstić information content (AvgIpc) is 3.37. The van der Waals surface area contributed by atoms with Crippen LogP contribution in [0.25, 0.3) is 0 Å². The molecule has 12 nitrogen and oxygen atoms in total. The lowest BCUT2D eigenvalue weighted by atomic mass is 9.74. The van der Waals surface area contributed by atoms with Gasteiger partial charge in [0.25, 0.3) is 0 Å². The minimum atomic E-state index is -3.34. The summed E-state index contributed by atoms with van der Waals surface area (Å²) in [7, 11) is 0. The van der Waals surface area contributed by atoms with Crippen LogP contribution in [0.15, 0.2) is 91.0 Å². The van der Waals surface area contributed by atoms with Crippen LogP contribution >= 0.6 is 0 Å². The van der Waals surface area contributed by atoms with Gasteiger partial charge in [-0.25, -0.2) is 14.4 Å². The first-order chi connectivity index (χ1) is 28.0. The Kier molecular flexibility index (Phi) is 14.4. The van der Waals surface area contributed by atoms with E-state index >= 15 is 0 Å². The zero-order valence-corrected chi connectivity index (χ0v) is 36.8. The highest BCUT2D eigenvalue weighted by Gasteiger charge is 2.86. The molecule has 328 valence electrons. The topological polar surface area (TPSA) is 156 Å². The normalized spacial score (nSPS) is 26.5. The molecule has 5 rings (SSSR count). The molecule has 2 aliphatic heterocycles. The monoisotopic (exact) mass is 832 g/mol. The fourth-order valence-electron chi connectivity index (χ4n) is 7.79. The van der Waals surface area contributed by atoms with Crippen molar-refractivity contribution in [3.05, 3.63) is 108 Å². The number of esters is 3. The van der Waals surface area contributed by atoms with Crippen molar-refractivity contribution in [2.24, 2.45) is 5.92 Å². The Labute approximate surface area is 354 Å². The van der Waals surface area contributed by atoms with Gasteiger partial charge in [0, 0.05) is 6.42 Å². The van der Waals surface area contributed by atoms with Crippen LogP contribution in [0.5, 0.6) is 0 Å². The Morgan fingerprint density at radius 3 is 1.70 bits per heavy atom. The maximum Gasteiger partial charge on any atom is 0.346 e. The van der Waals surface area contributed by atoms with Gasteiger partial charge in [0.1, 0.15) is 29.0 Å². The van der Waals surface area contributed by atoms with Gasteiger partial charge in [-0.1, -0.05) is 97.9 Å². The summed E-state index contributed by atoms with van der Waals surface area (Å²) in [5.74, 6) is -6.05. The van der Waals surface area contributed by atoms with Crippen molar-refractivity contribution in [1.29, 1.82) is 0 Å². The molecule has 8 atom stereocenters. The fraction of sp³-hybridized carbons (Fsp3) is 0.562. The van der Waals surface area contributed by atoms with Crippen molar-refractivity contribution in [3.63, 3.8) is 0 Å². The molecule has 2 fully saturated rings. The van der Waals surface area contributed by atoms with Crippen LogP contribution in [0.3, 0.4) is 0 Å². The van der Waals surface area contributed by atoms with E-state index in [-0.39, 0.29) is 25.0 Å². The number of aliphatic hydroxyl groups is 2. The number of benzene rings is 3. The molecule has 0 spiro atoms. The largest absolute Gasteiger partial charge is 0.458 e. The molecule has 2 aliphatic rings. The van der Waals surface area contributed by atoms with Crippen molar-refractivity contribution >= 4 is 17.9 Å². The number of fused-ring (bicyclic) bond motifs is 2. The van der Waals surface area contributed by atoms with Crippen LogP contribution in [0, 0.1) is 5.92 Å². The minimum absolute atomic E-state index is 0.0359. The van der Waals surface area contributed by atoms with Crippen molar-refractivity contribution in [1.82, 2.24) is 0 Å². The summed E-state index contributed by atoms with van der Waals surface area (Å²) in [6, 6.07) is 29.1. The summed E-state index contributed by atoms with van der Waals surface area (Å²) in [5.41, 5.74) is -7.09. The van der Waals surface area contributed by atoms with E-state index < -0.39 is 70.0 Å². The minimum Gasteiger partial charge on any atom is -0.458 e. The molecule has 12 heteroatoms. The van der Waals surface area contributed by atoms with Gasteiger partial charge in [-0.15, -0.1) is 0 Å². The Hall–Kier alpha value is -4.17. The van der Waals surface area contributed by atoms with E-state index in [1.807, 2.05) is 78.9 Å². The van der Waals surface area contributed by atoms with Gasteiger partial charge in [0.15, 0.2) is 5.79 Å². The van der Waals surface area contributed by atoms with Gasteiger partial charge in [0.2, 0.25) is 17.3 Å². The first-order valence-corrected chi connectivity index (χ1v) is 20.8. The van der Waals surface area contributed by atoms with Gasteiger partial charge in [0.05, 0.1) is 19.3 Å². The van der Waals surface area contributed by atoms with E-state index in [0.717, 1.165) is 17.5 Å². The molecule has 2 N–H and O–H groups in total. The van der Waals surface area contributed by atoms with Gasteiger partial charge < -0.3 is 43.4 Å². The first-order valence-electron chi connectivity index (χ1n) is 20.8. The standard InChI is InChI=1S/C48H64O12/c1-32(29-33-21-14-11-15-22-33)36(54-30-34-23-16-12-17-24-34)27-20-28-46-38(55-31-35-25-18-13-19-26-35)37(49)48(60-46,42(52)59-45(8,9)10)47(53,41(51)58-44(5,6)7)39(56-46)40(50)57-43(2,3)4/h11-19,21-26,32,36-39,49,53H,20,27-31H2,1-10H3/t32-,36-,37-,38-,39-,46+,47-,48+/m1/s1. The van der Waals surface area contributed by atoms with Crippen molar-refractivity contribution in [3.8, 4) is 0 Å². The average molecular weight is 833 g/mol. The SMILES string of the molecule is C[C@H](Cc1ccccc1)[C@@H](CCC[C@]12O[C@H](C(=O)OC(C)(C)C)[C@@](O)(C(=O)OC(C)(C)C)[C@](C(=O)OC(C)(C)C)(O1)[C@H](O)[C@H]2OCc1ccccc1)OCc1ccccc1. The molecule has 0 amide bonds. The maximum atomic E-state index is 14.8. The molecule has 2 heterocycles. The van der Waals surface area contributed by atoms with Crippen LogP contribution in [-0.2, 0) is 67.2 Å². The number of hydrogen-bond donors (Lipinski definition) is 2. The predicted octanol–water partition coefficient (Wildman–Crippen LogP) is 7.19. The van der Waals surface area contributed by atoms with E-state index in [4.69, 9.17) is 33.2 Å². The lowest BCUT2D eigenvalue weighted by Crippen LogP contribution is -2.79. The molecule has 0 aromatic heterocycles. The van der Waals surface area contributed by atoms with Crippen LogP contribution in [0.2, 0.25) is 0 Å². The van der Waals surface area contributed by atoms with E-state index in [9.17, 15) is 24.6 Å². The zero-order chi connectivity index (χ0) is 44.1. The fourth-order valence-corrected chi connectivity index (χ4v) is 7.79. The molecule has 3 aromatic rings. The van der Waals surface area contributed by atoms with Crippen LogP contribution in [0.4, 0.5) is 0 Å². The first kappa shape index (κ1) is 46.9. The lowest BCUT2D eigenvalue weighted by molar-refractivity contribution is -0.380. The molecule has 2 saturated heterocycles. The van der Waals surface area contributed by atoms with Gasteiger partial charge in [-0.3, -0.25) is 0 Å². The molecule has 0 unspecified atom stereocenters. The predicted molar refractivity (Wildman–Crippen MR) is 223 cm³/mol. The summed E-state index contributed by atoms with van der Waals surface area (Å²) in [6.07, 6.45) is -4.85. The van der Waals surface area contributed by atoms with Crippen LogP contribution in [-0.4, -0.2) is 86.3 Å². The Morgan fingerprint density at radius 2 is 1.18 bits per heavy atom. The molecule has 2 bridgehead atoms. The maximum absolute atomic E-state index is 14.8. The van der Waals surface area contributed by atoms with Crippen LogP contribution < -0.4 is 0 Å². The zero-order valence-electron chi connectivity index (χ0n) is 36.8. The van der Waals surface area contributed by atoms with E-state index in [0.29, 0.717) is 25.0 Å². The molecular weight excluding hydrogens is 769 g/mol. The Bertz CT molecular complexity index is 1880. The number of hydrogen-bond acceptors (Lipinski definition) is 12. The number of carbonyl (C=O) groups excluding carboxylic acids is 3. The summed E-state index contributed by atoms with van der Waals surface area (Å²) >= 11 is 0. The van der Waals surface area contributed by atoms with Gasteiger partial charge in [-0.2, -0.15) is 0 Å². The second-order valence-corrected chi connectivity index (χ2v) is 19.0. The third-order valence-corrected chi connectivity index (χ3v) is 10.4. The molecule has 0 radical (unpaired) electrons. The second-order valence-electron chi connectivity index (χ2n) is 19.0. The van der Waals surface area contributed by atoms with Crippen molar-refractivity contribution < 1.29 is 57.8 Å². The lowest BCUT2D eigenvalue weighted by Gasteiger charge is -2.51. The Balaban J connectivity index is 1.61. The molecule has 0 aliphatic carbocycles. The number of ether oxygens (including phenoxy) is 7. The highest BCUT2D eigenvalue weighted by molar-refractivity contribution is 5.99. The summed E-state index contributed by atoms with van der Waals surface area (Å²) in [5, 5.41) is 25.6. The third kappa shape index (κ3) is 10.8. The van der Waals surface area contributed by atoms with Crippen molar-refractivity contribution in [2.45, 2.75) is 166 Å².